The first kappa shape index (κ1) is 25.7. The fourth-order valence-electron chi connectivity index (χ4n) is 5.06. The summed E-state index contributed by atoms with van der Waals surface area (Å²) in [5, 5.41) is 3.62. The van der Waals surface area contributed by atoms with Crippen molar-refractivity contribution in [3.63, 3.8) is 0 Å². The molecule has 8 heteroatoms. The van der Waals surface area contributed by atoms with Gasteiger partial charge in [-0.15, -0.1) is 24.0 Å². The van der Waals surface area contributed by atoms with Gasteiger partial charge >= 0.3 is 0 Å². The molecule has 1 N–H and O–H groups in total. The van der Waals surface area contributed by atoms with E-state index in [0.29, 0.717) is 11.8 Å². The smallest absolute Gasteiger partial charge is 0.225 e. The zero-order valence-corrected chi connectivity index (χ0v) is 22.3. The summed E-state index contributed by atoms with van der Waals surface area (Å²) in [5.41, 5.74) is 1.49. The van der Waals surface area contributed by atoms with Gasteiger partial charge in [-0.1, -0.05) is 43.7 Å². The van der Waals surface area contributed by atoms with Crippen molar-refractivity contribution in [1.29, 1.82) is 0 Å². The fraction of sp³-hybridized carbons (Fsp3) is 0.560. The molecule has 0 radical (unpaired) electrons. The van der Waals surface area contributed by atoms with E-state index in [0.717, 1.165) is 64.3 Å². The highest BCUT2D eigenvalue weighted by molar-refractivity contribution is 14.0. The molecule has 2 atom stereocenters. The number of likely N-dealkylation sites (tertiary alicyclic amines) is 1. The molecule has 0 bridgehead atoms. The maximum atomic E-state index is 4.60. The van der Waals surface area contributed by atoms with Crippen molar-refractivity contribution in [2.45, 2.75) is 25.7 Å². The lowest BCUT2D eigenvalue weighted by molar-refractivity contribution is 0.213. The molecule has 1 aromatic carbocycles. The van der Waals surface area contributed by atoms with Crippen LogP contribution in [0.15, 0.2) is 53.8 Å². The van der Waals surface area contributed by atoms with Crippen LogP contribution in [-0.4, -0.2) is 85.1 Å². The van der Waals surface area contributed by atoms with Gasteiger partial charge in [0.15, 0.2) is 5.96 Å². The van der Waals surface area contributed by atoms with Crippen LogP contribution in [0.3, 0.4) is 0 Å². The van der Waals surface area contributed by atoms with Crippen molar-refractivity contribution < 1.29 is 0 Å². The number of benzene rings is 1. The number of nitrogens with one attached hydrogen (secondary N) is 1. The lowest BCUT2D eigenvalue weighted by Gasteiger charge is -2.40. The minimum atomic E-state index is 0. The molecule has 2 aliphatic rings. The summed E-state index contributed by atoms with van der Waals surface area (Å²) in [7, 11) is 1.91. The van der Waals surface area contributed by atoms with E-state index in [1.54, 1.807) is 0 Å². The van der Waals surface area contributed by atoms with E-state index in [4.69, 9.17) is 0 Å². The molecule has 4 rings (SSSR count). The van der Waals surface area contributed by atoms with Crippen LogP contribution in [0.1, 0.15) is 31.2 Å². The van der Waals surface area contributed by atoms with Gasteiger partial charge in [0.2, 0.25) is 5.95 Å². The Labute approximate surface area is 215 Å². The monoisotopic (exact) mass is 563 g/mol. The van der Waals surface area contributed by atoms with Crippen molar-refractivity contribution in [3.05, 3.63) is 54.4 Å². The number of piperidine rings is 1. The lowest BCUT2D eigenvalue weighted by atomic mass is 9.79. The number of rotatable bonds is 6. The number of hydrogen-bond acceptors (Lipinski definition) is 5. The normalized spacial score (nSPS) is 22.1. The highest BCUT2D eigenvalue weighted by Crippen LogP contribution is 2.34. The molecule has 180 valence electrons. The quantitative estimate of drug-likeness (QED) is 0.331. The van der Waals surface area contributed by atoms with Crippen LogP contribution in [0.2, 0.25) is 0 Å². The second-order valence-electron chi connectivity index (χ2n) is 8.77. The molecule has 7 nitrogen and oxygen atoms in total. The molecular formula is C25H38IN7. The number of anilines is 1. The minimum Gasteiger partial charge on any atom is -0.355 e. The molecule has 1 aromatic heterocycles. The Morgan fingerprint density at radius 2 is 1.76 bits per heavy atom. The summed E-state index contributed by atoms with van der Waals surface area (Å²) in [4.78, 5) is 20.6. The average Bonchev–Trinajstić information content (AvgIpc) is 2.88. The molecule has 0 saturated carbocycles. The van der Waals surface area contributed by atoms with Crippen LogP contribution in [0.4, 0.5) is 5.95 Å². The molecule has 0 amide bonds. The van der Waals surface area contributed by atoms with Crippen LogP contribution in [0.5, 0.6) is 0 Å². The first-order valence-corrected chi connectivity index (χ1v) is 12.0. The van der Waals surface area contributed by atoms with Gasteiger partial charge in [0.25, 0.3) is 0 Å². The Bertz CT molecular complexity index is 840. The Hall–Kier alpha value is -1.94. The number of aromatic nitrogens is 2. The number of guanidine groups is 1. The first-order chi connectivity index (χ1) is 15.8. The standard InChI is InChI=1S/C25H37N7.HI/c1-3-21-20-32(14-10-23(21)22-8-5-4-6-9-22)24(26-2)29-13-15-30-16-18-31(19-17-30)25-27-11-7-12-28-25;/h4-9,11-12,21,23H,3,10,13-20H2,1-2H3,(H,26,29);1H. The molecule has 2 saturated heterocycles. The van der Waals surface area contributed by atoms with Crippen LogP contribution in [0, 0.1) is 5.92 Å². The predicted molar refractivity (Wildman–Crippen MR) is 147 cm³/mol. The van der Waals surface area contributed by atoms with Crippen LogP contribution in [0.25, 0.3) is 0 Å². The van der Waals surface area contributed by atoms with Crippen LogP contribution in [-0.2, 0) is 0 Å². The van der Waals surface area contributed by atoms with E-state index >= 15 is 0 Å². The molecule has 3 heterocycles. The van der Waals surface area contributed by atoms with Gasteiger partial charge in [0, 0.05) is 71.8 Å². The minimum absolute atomic E-state index is 0. The third kappa shape index (κ3) is 6.79. The summed E-state index contributed by atoms with van der Waals surface area (Å²) in [6.45, 7) is 10.4. The number of halogens is 1. The number of nitrogens with zero attached hydrogens (tertiary/aromatic N) is 6. The molecule has 2 aliphatic heterocycles. The van der Waals surface area contributed by atoms with E-state index < -0.39 is 0 Å². The molecule has 2 fully saturated rings. The molecule has 2 unspecified atom stereocenters. The second-order valence-corrected chi connectivity index (χ2v) is 8.77. The molecular weight excluding hydrogens is 525 g/mol. The summed E-state index contributed by atoms with van der Waals surface area (Å²) in [6.07, 6.45) is 6.02. The van der Waals surface area contributed by atoms with Crippen molar-refractivity contribution >= 4 is 35.9 Å². The topological polar surface area (TPSA) is 59.9 Å². The first-order valence-electron chi connectivity index (χ1n) is 12.0. The third-order valence-corrected chi connectivity index (χ3v) is 6.92. The largest absolute Gasteiger partial charge is 0.355 e. The Kier molecular flexibility index (Phi) is 10.2. The van der Waals surface area contributed by atoms with E-state index in [9.17, 15) is 0 Å². The van der Waals surface area contributed by atoms with Crippen LogP contribution >= 0.6 is 24.0 Å². The zero-order valence-electron chi connectivity index (χ0n) is 19.9. The van der Waals surface area contributed by atoms with Gasteiger partial charge in [0.1, 0.15) is 0 Å². The third-order valence-electron chi connectivity index (χ3n) is 6.92. The molecule has 33 heavy (non-hydrogen) atoms. The lowest BCUT2D eigenvalue weighted by Crippen LogP contribution is -2.51. The SMILES string of the molecule is CCC1CN(C(=NC)NCCN2CCN(c3ncccn3)CC2)CCC1c1ccccc1.I. The summed E-state index contributed by atoms with van der Waals surface area (Å²) < 4.78 is 0. The zero-order chi connectivity index (χ0) is 22.2. The number of hydrogen-bond donors (Lipinski definition) is 1. The van der Waals surface area contributed by atoms with E-state index in [1.165, 1.54) is 18.4 Å². The summed E-state index contributed by atoms with van der Waals surface area (Å²) in [6, 6.07) is 12.9. The van der Waals surface area contributed by atoms with E-state index in [-0.39, 0.29) is 24.0 Å². The highest BCUT2D eigenvalue weighted by atomic mass is 127. The summed E-state index contributed by atoms with van der Waals surface area (Å²) >= 11 is 0. The van der Waals surface area contributed by atoms with Gasteiger partial charge in [-0.3, -0.25) is 9.89 Å². The highest BCUT2D eigenvalue weighted by Gasteiger charge is 2.30. The maximum Gasteiger partial charge on any atom is 0.225 e. The van der Waals surface area contributed by atoms with Crippen molar-refractivity contribution in [2.24, 2.45) is 10.9 Å². The van der Waals surface area contributed by atoms with Gasteiger partial charge in [0.05, 0.1) is 0 Å². The number of aliphatic imine (C=N–C) groups is 1. The Morgan fingerprint density at radius 3 is 2.42 bits per heavy atom. The van der Waals surface area contributed by atoms with Gasteiger partial charge in [-0.25, -0.2) is 9.97 Å². The van der Waals surface area contributed by atoms with Crippen LogP contribution < -0.4 is 10.2 Å². The predicted octanol–water partition coefficient (Wildman–Crippen LogP) is 3.31. The van der Waals surface area contributed by atoms with Crippen molar-refractivity contribution in [1.82, 2.24) is 25.1 Å². The Morgan fingerprint density at radius 1 is 1.03 bits per heavy atom. The molecule has 0 spiro atoms. The average molecular weight is 564 g/mol. The second kappa shape index (κ2) is 13.1. The summed E-state index contributed by atoms with van der Waals surface area (Å²) in [5.74, 6) is 3.21. The van der Waals surface area contributed by atoms with Gasteiger partial charge in [-0.05, 0) is 29.9 Å². The van der Waals surface area contributed by atoms with Crippen molar-refractivity contribution in [3.8, 4) is 0 Å². The van der Waals surface area contributed by atoms with E-state index in [2.05, 4.69) is 72.2 Å². The molecule has 0 aliphatic carbocycles. The van der Waals surface area contributed by atoms with Gasteiger partial charge < -0.3 is 15.1 Å². The Balaban J connectivity index is 0.00000306. The van der Waals surface area contributed by atoms with E-state index in [1.807, 2.05) is 25.5 Å². The molecule has 2 aromatic rings. The van der Waals surface area contributed by atoms with Gasteiger partial charge in [-0.2, -0.15) is 0 Å². The maximum absolute atomic E-state index is 4.60. The number of piperazine rings is 1. The fourth-order valence-corrected chi connectivity index (χ4v) is 5.06. The van der Waals surface area contributed by atoms with Crippen molar-refractivity contribution in [2.75, 3.05) is 64.3 Å².